The van der Waals surface area contributed by atoms with Gasteiger partial charge in [-0.2, -0.15) is 0 Å². The summed E-state index contributed by atoms with van der Waals surface area (Å²) in [6.45, 7) is 4.92. The van der Waals surface area contributed by atoms with Gasteiger partial charge in [-0.1, -0.05) is 12.2 Å². The third-order valence-electron chi connectivity index (χ3n) is 2.18. The van der Waals surface area contributed by atoms with E-state index in [1.807, 2.05) is 6.92 Å². The molecule has 1 rings (SSSR count). The van der Waals surface area contributed by atoms with Crippen LogP contribution in [0.4, 0.5) is 0 Å². The Balaban J connectivity index is 2.32. The fourth-order valence-electron chi connectivity index (χ4n) is 1.49. The zero-order valence-electron chi connectivity index (χ0n) is 7.29. The highest BCUT2D eigenvalue weighted by atomic mass is 16.5. The van der Waals surface area contributed by atoms with Crippen molar-refractivity contribution in [2.45, 2.75) is 32.4 Å². The van der Waals surface area contributed by atoms with Crippen molar-refractivity contribution >= 4 is 0 Å². The van der Waals surface area contributed by atoms with E-state index in [0.29, 0.717) is 12.0 Å². The average Bonchev–Trinajstić information content (AvgIpc) is 2.36. The molecule has 0 bridgehead atoms. The Morgan fingerprint density at radius 2 is 2.36 bits per heavy atom. The number of hydrogen-bond acceptors (Lipinski definition) is 2. The maximum absolute atomic E-state index is 5.72. The largest absolute Gasteiger partial charge is 0.378 e. The molecule has 0 aliphatic heterocycles. The van der Waals surface area contributed by atoms with Crippen molar-refractivity contribution in [3.63, 3.8) is 0 Å². The van der Waals surface area contributed by atoms with Gasteiger partial charge in [-0.15, -0.1) is 0 Å². The third-order valence-corrected chi connectivity index (χ3v) is 2.18. The lowest BCUT2D eigenvalue weighted by molar-refractivity contribution is 0.0466. The Kier molecular flexibility index (Phi) is 3.09. The highest BCUT2D eigenvalue weighted by Crippen LogP contribution is 2.21. The van der Waals surface area contributed by atoms with Crippen LogP contribution >= 0.6 is 0 Å². The average molecular weight is 155 g/mol. The van der Waals surface area contributed by atoms with Gasteiger partial charge in [0.05, 0.1) is 6.10 Å². The first-order valence-electron chi connectivity index (χ1n) is 4.29. The van der Waals surface area contributed by atoms with E-state index in [4.69, 9.17) is 10.5 Å². The highest BCUT2D eigenvalue weighted by molar-refractivity contribution is 5.06. The first-order valence-corrected chi connectivity index (χ1v) is 4.29. The summed E-state index contributed by atoms with van der Waals surface area (Å²) >= 11 is 0. The summed E-state index contributed by atoms with van der Waals surface area (Å²) in [5, 5.41) is 0. The quantitative estimate of drug-likeness (QED) is 0.624. The van der Waals surface area contributed by atoms with Crippen molar-refractivity contribution in [2.75, 3.05) is 6.61 Å². The Labute approximate surface area is 68.4 Å². The van der Waals surface area contributed by atoms with Gasteiger partial charge in [0.1, 0.15) is 0 Å². The topological polar surface area (TPSA) is 35.2 Å². The van der Waals surface area contributed by atoms with Crippen molar-refractivity contribution in [3.05, 3.63) is 12.2 Å². The molecule has 2 heteroatoms. The minimum absolute atomic E-state index is 0.253. The van der Waals surface area contributed by atoms with E-state index in [0.717, 1.165) is 13.0 Å². The Morgan fingerprint density at radius 3 is 2.82 bits per heavy atom. The third kappa shape index (κ3) is 2.31. The van der Waals surface area contributed by atoms with Crippen molar-refractivity contribution < 1.29 is 4.74 Å². The van der Waals surface area contributed by atoms with Gasteiger partial charge in [0.25, 0.3) is 0 Å². The molecule has 0 saturated heterocycles. The molecule has 0 saturated carbocycles. The van der Waals surface area contributed by atoms with Gasteiger partial charge < -0.3 is 10.5 Å². The molecule has 3 unspecified atom stereocenters. The van der Waals surface area contributed by atoms with Gasteiger partial charge in [-0.05, 0) is 20.3 Å². The van der Waals surface area contributed by atoms with Crippen molar-refractivity contribution in [3.8, 4) is 0 Å². The molecule has 3 atom stereocenters. The second-order valence-electron chi connectivity index (χ2n) is 3.11. The molecule has 64 valence electrons. The standard InChI is InChI=1S/C9H17NO/c1-3-11-7(2)8-4-5-9(10)6-8/h4-5,7-9H,3,6,10H2,1-2H3. The van der Waals surface area contributed by atoms with Gasteiger partial charge >= 0.3 is 0 Å². The molecule has 11 heavy (non-hydrogen) atoms. The molecule has 0 heterocycles. The zero-order chi connectivity index (χ0) is 8.27. The minimum atomic E-state index is 0.253. The van der Waals surface area contributed by atoms with E-state index >= 15 is 0 Å². The van der Waals surface area contributed by atoms with Crippen LogP contribution in [-0.4, -0.2) is 18.8 Å². The van der Waals surface area contributed by atoms with Crippen LogP contribution in [0.15, 0.2) is 12.2 Å². The molecule has 1 aliphatic rings. The Hall–Kier alpha value is -0.340. The van der Waals surface area contributed by atoms with E-state index in [1.165, 1.54) is 0 Å². The van der Waals surface area contributed by atoms with Gasteiger partial charge in [0, 0.05) is 18.6 Å². The molecule has 0 aromatic rings. The van der Waals surface area contributed by atoms with Crippen LogP contribution < -0.4 is 5.73 Å². The first-order chi connectivity index (χ1) is 5.24. The summed E-state index contributed by atoms with van der Waals surface area (Å²) in [6, 6.07) is 0.253. The van der Waals surface area contributed by atoms with Crippen molar-refractivity contribution in [1.82, 2.24) is 0 Å². The molecular formula is C9H17NO. The van der Waals surface area contributed by atoms with Crippen LogP contribution in [0.3, 0.4) is 0 Å². The van der Waals surface area contributed by atoms with E-state index in [-0.39, 0.29) is 6.04 Å². The molecule has 0 spiro atoms. The summed E-state index contributed by atoms with van der Waals surface area (Å²) in [4.78, 5) is 0. The molecule has 0 radical (unpaired) electrons. The molecule has 2 N–H and O–H groups in total. The summed E-state index contributed by atoms with van der Waals surface area (Å²) in [5.74, 6) is 0.532. The van der Waals surface area contributed by atoms with Crippen LogP contribution in [-0.2, 0) is 4.74 Å². The highest BCUT2D eigenvalue weighted by Gasteiger charge is 2.21. The maximum Gasteiger partial charge on any atom is 0.0610 e. The second-order valence-corrected chi connectivity index (χ2v) is 3.11. The van der Waals surface area contributed by atoms with Gasteiger partial charge in [0.15, 0.2) is 0 Å². The molecule has 0 fully saturated rings. The molecule has 2 nitrogen and oxygen atoms in total. The van der Waals surface area contributed by atoms with Crippen LogP contribution in [0.2, 0.25) is 0 Å². The monoisotopic (exact) mass is 155 g/mol. The van der Waals surface area contributed by atoms with E-state index in [1.54, 1.807) is 0 Å². The SMILES string of the molecule is CCOC(C)C1C=CC(N)C1. The predicted molar refractivity (Wildman–Crippen MR) is 46.3 cm³/mol. The summed E-state index contributed by atoms with van der Waals surface area (Å²) in [7, 11) is 0. The lowest BCUT2D eigenvalue weighted by atomic mass is 10.0. The molecule has 0 aromatic carbocycles. The molecule has 0 amide bonds. The zero-order valence-corrected chi connectivity index (χ0v) is 7.29. The minimum Gasteiger partial charge on any atom is -0.378 e. The summed E-state index contributed by atoms with van der Waals surface area (Å²) < 4.78 is 5.47. The van der Waals surface area contributed by atoms with E-state index < -0.39 is 0 Å². The number of rotatable bonds is 3. The number of nitrogens with two attached hydrogens (primary N) is 1. The smallest absolute Gasteiger partial charge is 0.0610 e. The Bertz CT molecular complexity index is 144. The normalized spacial score (nSPS) is 32.6. The number of hydrogen-bond donors (Lipinski definition) is 1. The summed E-state index contributed by atoms with van der Waals surface area (Å²) in [6.07, 6.45) is 5.61. The summed E-state index contributed by atoms with van der Waals surface area (Å²) in [5.41, 5.74) is 5.72. The molecular weight excluding hydrogens is 138 g/mol. The van der Waals surface area contributed by atoms with Crippen LogP contribution in [0.5, 0.6) is 0 Å². The predicted octanol–water partition coefficient (Wildman–Crippen LogP) is 1.31. The number of ether oxygens (including phenoxy) is 1. The van der Waals surface area contributed by atoms with E-state index in [2.05, 4.69) is 19.1 Å². The van der Waals surface area contributed by atoms with Crippen LogP contribution in [0.25, 0.3) is 0 Å². The van der Waals surface area contributed by atoms with Gasteiger partial charge in [-0.3, -0.25) is 0 Å². The fraction of sp³-hybridized carbons (Fsp3) is 0.778. The van der Waals surface area contributed by atoms with E-state index in [9.17, 15) is 0 Å². The first kappa shape index (κ1) is 8.75. The second kappa shape index (κ2) is 3.88. The van der Waals surface area contributed by atoms with Crippen LogP contribution in [0, 0.1) is 5.92 Å². The van der Waals surface area contributed by atoms with Gasteiger partial charge in [-0.25, -0.2) is 0 Å². The van der Waals surface area contributed by atoms with Crippen molar-refractivity contribution in [2.24, 2.45) is 11.7 Å². The fourth-order valence-corrected chi connectivity index (χ4v) is 1.49. The maximum atomic E-state index is 5.72. The molecule has 1 aliphatic carbocycles. The van der Waals surface area contributed by atoms with Crippen LogP contribution in [0.1, 0.15) is 20.3 Å². The van der Waals surface area contributed by atoms with Crippen molar-refractivity contribution in [1.29, 1.82) is 0 Å². The lowest BCUT2D eigenvalue weighted by Crippen LogP contribution is -2.22. The van der Waals surface area contributed by atoms with Gasteiger partial charge in [0.2, 0.25) is 0 Å². The Morgan fingerprint density at radius 1 is 1.64 bits per heavy atom. The lowest BCUT2D eigenvalue weighted by Gasteiger charge is -2.17. The molecule has 0 aromatic heterocycles.